The number of hydrogen-bond acceptors (Lipinski definition) is 2. The van der Waals surface area contributed by atoms with Crippen LogP contribution in [0.5, 0.6) is 0 Å². The minimum atomic E-state index is 0.128. The van der Waals surface area contributed by atoms with Crippen LogP contribution in [0.1, 0.15) is 51.9 Å². The predicted molar refractivity (Wildman–Crippen MR) is 72.3 cm³/mol. The van der Waals surface area contributed by atoms with Gasteiger partial charge in [-0.1, -0.05) is 19.8 Å². The van der Waals surface area contributed by atoms with Crippen molar-refractivity contribution in [2.75, 3.05) is 13.1 Å². The van der Waals surface area contributed by atoms with Gasteiger partial charge in [0.15, 0.2) is 0 Å². The van der Waals surface area contributed by atoms with Crippen molar-refractivity contribution in [1.29, 1.82) is 0 Å². The Morgan fingerprint density at radius 2 is 2.00 bits per heavy atom. The van der Waals surface area contributed by atoms with E-state index in [2.05, 4.69) is 17.1 Å². The van der Waals surface area contributed by atoms with Gasteiger partial charge in [-0.3, -0.25) is 4.79 Å². The molecule has 2 aliphatic heterocycles. The molecule has 0 spiro atoms. The van der Waals surface area contributed by atoms with Gasteiger partial charge in [-0.15, -0.1) is 0 Å². The largest absolute Gasteiger partial charge is 0.341 e. The monoisotopic (exact) mass is 250 g/mol. The number of nitrogens with one attached hydrogen (secondary N) is 1. The van der Waals surface area contributed by atoms with E-state index in [0.717, 1.165) is 25.4 Å². The summed E-state index contributed by atoms with van der Waals surface area (Å²) in [6.07, 6.45) is 8.89. The molecule has 3 rings (SSSR count). The molecule has 4 atom stereocenters. The zero-order chi connectivity index (χ0) is 12.5. The predicted octanol–water partition coefficient (Wildman–Crippen LogP) is 2.17. The molecule has 3 aliphatic rings. The van der Waals surface area contributed by atoms with Crippen LogP contribution in [0.4, 0.5) is 0 Å². The van der Waals surface area contributed by atoms with Crippen LogP contribution >= 0.6 is 0 Å². The number of nitrogens with zero attached hydrogens (tertiary/aromatic N) is 1. The fourth-order valence-electron chi connectivity index (χ4n) is 4.12. The standard InChI is InChI=1S/C15H26N2O/c1-11-5-4-8-17(10-11)15(18)14-9-12-6-2-3-7-13(12)16-14/h11-14,16H,2-10H2,1H3. The second-order valence-electron chi connectivity index (χ2n) is 6.64. The van der Waals surface area contributed by atoms with Crippen LogP contribution in [-0.4, -0.2) is 36.0 Å². The Morgan fingerprint density at radius 3 is 2.78 bits per heavy atom. The minimum Gasteiger partial charge on any atom is -0.341 e. The fourth-order valence-corrected chi connectivity index (χ4v) is 4.12. The molecule has 1 N–H and O–H groups in total. The van der Waals surface area contributed by atoms with Crippen LogP contribution in [0.25, 0.3) is 0 Å². The summed E-state index contributed by atoms with van der Waals surface area (Å²) < 4.78 is 0. The van der Waals surface area contributed by atoms with Gasteiger partial charge in [0.05, 0.1) is 6.04 Å². The highest BCUT2D eigenvalue weighted by atomic mass is 16.2. The number of piperidine rings is 1. The molecule has 102 valence electrons. The number of fused-ring (bicyclic) bond motifs is 1. The lowest BCUT2D eigenvalue weighted by atomic mass is 9.85. The van der Waals surface area contributed by atoms with E-state index in [-0.39, 0.29) is 6.04 Å². The lowest BCUT2D eigenvalue weighted by Crippen LogP contribution is -2.48. The highest BCUT2D eigenvalue weighted by molar-refractivity contribution is 5.82. The van der Waals surface area contributed by atoms with Gasteiger partial charge in [-0.25, -0.2) is 0 Å². The van der Waals surface area contributed by atoms with Gasteiger partial charge in [0.2, 0.25) is 5.91 Å². The normalized spacial score (nSPS) is 40.6. The van der Waals surface area contributed by atoms with Gasteiger partial charge in [0.25, 0.3) is 0 Å². The van der Waals surface area contributed by atoms with Crippen molar-refractivity contribution in [1.82, 2.24) is 10.2 Å². The van der Waals surface area contributed by atoms with Crippen LogP contribution < -0.4 is 5.32 Å². The first-order chi connectivity index (χ1) is 8.74. The lowest BCUT2D eigenvalue weighted by Gasteiger charge is -2.33. The average molecular weight is 250 g/mol. The van der Waals surface area contributed by atoms with Crippen molar-refractivity contribution in [3.8, 4) is 0 Å². The summed E-state index contributed by atoms with van der Waals surface area (Å²) in [5.41, 5.74) is 0. The molecule has 0 bridgehead atoms. The molecule has 0 aromatic carbocycles. The summed E-state index contributed by atoms with van der Waals surface area (Å²) in [6, 6.07) is 0.762. The van der Waals surface area contributed by atoms with E-state index in [0.29, 0.717) is 17.9 Å². The van der Waals surface area contributed by atoms with Gasteiger partial charge in [-0.05, 0) is 43.9 Å². The number of carbonyl (C=O) groups excluding carboxylic acids is 1. The maximum absolute atomic E-state index is 12.6. The Bertz CT molecular complexity index is 304. The molecule has 4 unspecified atom stereocenters. The summed E-state index contributed by atoms with van der Waals surface area (Å²) in [4.78, 5) is 14.7. The third-order valence-electron chi connectivity index (χ3n) is 5.13. The third kappa shape index (κ3) is 2.42. The Morgan fingerprint density at radius 1 is 1.17 bits per heavy atom. The quantitative estimate of drug-likeness (QED) is 0.773. The molecule has 3 fully saturated rings. The number of amides is 1. The molecular formula is C15H26N2O. The van der Waals surface area contributed by atoms with Gasteiger partial charge >= 0.3 is 0 Å². The zero-order valence-electron chi connectivity index (χ0n) is 11.5. The fraction of sp³-hybridized carbons (Fsp3) is 0.933. The van der Waals surface area contributed by atoms with E-state index in [9.17, 15) is 4.79 Å². The minimum absolute atomic E-state index is 0.128. The van der Waals surface area contributed by atoms with E-state index in [1.165, 1.54) is 38.5 Å². The number of hydrogen-bond donors (Lipinski definition) is 1. The molecule has 1 amide bonds. The second kappa shape index (κ2) is 5.20. The Kier molecular flexibility index (Phi) is 3.60. The third-order valence-corrected chi connectivity index (χ3v) is 5.13. The summed E-state index contributed by atoms with van der Waals surface area (Å²) in [6.45, 7) is 4.23. The van der Waals surface area contributed by atoms with Crippen molar-refractivity contribution in [3.63, 3.8) is 0 Å². The summed E-state index contributed by atoms with van der Waals surface area (Å²) in [7, 11) is 0. The van der Waals surface area contributed by atoms with E-state index in [1.54, 1.807) is 0 Å². The Labute approximate surface area is 110 Å². The first kappa shape index (κ1) is 12.5. The lowest BCUT2D eigenvalue weighted by molar-refractivity contribution is -0.134. The second-order valence-corrected chi connectivity index (χ2v) is 6.64. The molecule has 0 aromatic rings. The molecule has 0 radical (unpaired) electrons. The number of carbonyl (C=O) groups is 1. The van der Waals surface area contributed by atoms with E-state index >= 15 is 0 Å². The van der Waals surface area contributed by atoms with Crippen molar-refractivity contribution in [2.45, 2.75) is 64.0 Å². The maximum atomic E-state index is 12.6. The molecule has 1 aliphatic carbocycles. The van der Waals surface area contributed by atoms with Crippen LogP contribution in [0.15, 0.2) is 0 Å². The SMILES string of the molecule is CC1CCCN(C(=O)C2CC3CCCCC3N2)C1. The van der Waals surface area contributed by atoms with Crippen molar-refractivity contribution >= 4 is 5.91 Å². The van der Waals surface area contributed by atoms with E-state index in [4.69, 9.17) is 0 Å². The van der Waals surface area contributed by atoms with E-state index < -0.39 is 0 Å². The maximum Gasteiger partial charge on any atom is 0.239 e. The van der Waals surface area contributed by atoms with Gasteiger partial charge < -0.3 is 10.2 Å². The highest BCUT2D eigenvalue weighted by Crippen LogP contribution is 2.34. The first-order valence-corrected chi connectivity index (χ1v) is 7.79. The van der Waals surface area contributed by atoms with Crippen LogP contribution in [-0.2, 0) is 4.79 Å². The molecule has 18 heavy (non-hydrogen) atoms. The van der Waals surface area contributed by atoms with Crippen LogP contribution in [0.2, 0.25) is 0 Å². The summed E-state index contributed by atoms with van der Waals surface area (Å²) in [5, 5.41) is 3.61. The topological polar surface area (TPSA) is 32.3 Å². The van der Waals surface area contributed by atoms with Gasteiger partial charge in [-0.2, -0.15) is 0 Å². The molecular weight excluding hydrogens is 224 g/mol. The van der Waals surface area contributed by atoms with Crippen molar-refractivity contribution < 1.29 is 4.79 Å². The van der Waals surface area contributed by atoms with Crippen molar-refractivity contribution in [2.24, 2.45) is 11.8 Å². The Balaban J connectivity index is 1.59. The number of likely N-dealkylation sites (tertiary alicyclic amines) is 1. The van der Waals surface area contributed by atoms with Crippen molar-refractivity contribution in [3.05, 3.63) is 0 Å². The molecule has 0 aromatic heterocycles. The van der Waals surface area contributed by atoms with Gasteiger partial charge in [0, 0.05) is 19.1 Å². The number of rotatable bonds is 1. The molecule has 2 heterocycles. The van der Waals surface area contributed by atoms with E-state index in [1.807, 2.05) is 0 Å². The van der Waals surface area contributed by atoms with Gasteiger partial charge in [0.1, 0.15) is 0 Å². The zero-order valence-corrected chi connectivity index (χ0v) is 11.5. The van der Waals surface area contributed by atoms with Crippen LogP contribution in [0.3, 0.4) is 0 Å². The first-order valence-electron chi connectivity index (χ1n) is 7.79. The Hall–Kier alpha value is -0.570. The smallest absolute Gasteiger partial charge is 0.239 e. The molecule has 1 saturated carbocycles. The molecule has 2 saturated heterocycles. The molecule has 3 nitrogen and oxygen atoms in total. The molecule has 3 heteroatoms. The highest BCUT2D eigenvalue weighted by Gasteiger charge is 2.40. The summed E-state index contributed by atoms with van der Waals surface area (Å²) in [5.74, 6) is 1.84. The van der Waals surface area contributed by atoms with Crippen LogP contribution in [0, 0.1) is 11.8 Å². The average Bonchev–Trinajstić information content (AvgIpc) is 2.81. The summed E-state index contributed by atoms with van der Waals surface area (Å²) >= 11 is 0.